The van der Waals surface area contributed by atoms with Gasteiger partial charge in [-0.2, -0.15) is 9.50 Å². The minimum Gasteiger partial charge on any atom is -0.482 e. The highest BCUT2D eigenvalue weighted by Crippen LogP contribution is 2.28. The van der Waals surface area contributed by atoms with Gasteiger partial charge in [-0.15, -0.1) is 0 Å². The Labute approximate surface area is 271 Å². The molecule has 0 atom stereocenters. The van der Waals surface area contributed by atoms with Crippen molar-refractivity contribution in [2.24, 2.45) is 0 Å². The van der Waals surface area contributed by atoms with E-state index in [2.05, 4.69) is 49.2 Å². The second kappa shape index (κ2) is 12.0. The summed E-state index contributed by atoms with van der Waals surface area (Å²) in [5, 5.41) is 4.11. The van der Waals surface area contributed by atoms with E-state index in [-0.39, 0.29) is 24.6 Å². The lowest BCUT2D eigenvalue weighted by molar-refractivity contribution is -0.157. The first-order valence-electron chi connectivity index (χ1n) is 15.4. The van der Waals surface area contributed by atoms with E-state index in [0.29, 0.717) is 34.1 Å². The number of aromatic nitrogens is 6. The zero-order chi connectivity index (χ0) is 32.7. The Morgan fingerprint density at radius 2 is 1.74 bits per heavy atom. The first kappa shape index (κ1) is 30.1. The molecule has 7 rings (SSSR count). The Morgan fingerprint density at radius 3 is 2.47 bits per heavy atom. The third kappa shape index (κ3) is 6.17. The summed E-state index contributed by atoms with van der Waals surface area (Å²) in [5.74, 6) is 0.774. The Bertz CT molecular complexity index is 2150. The van der Waals surface area contributed by atoms with E-state index < -0.39 is 11.6 Å². The van der Waals surface area contributed by atoms with Crippen LogP contribution in [0.2, 0.25) is 0 Å². The molecule has 1 saturated heterocycles. The minimum absolute atomic E-state index is 0. The van der Waals surface area contributed by atoms with E-state index >= 15 is 0 Å². The van der Waals surface area contributed by atoms with Crippen molar-refractivity contribution >= 4 is 50.9 Å². The Morgan fingerprint density at radius 1 is 0.957 bits per heavy atom. The van der Waals surface area contributed by atoms with Gasteiger partial charge in [-0.1, -0.05) is 6.07 Å². The molecule has 1 fully saturated rings. The molecule has 0 aliphatic carbocycles. The van der Waals surface area contributed by atoms with Gasteiger partial charge in [0.05, 0.1) is 5.52 Å². The number of esters is 1. The van der Waals surface area contributed by atoms with Gasteiger partial charge < -0.3 is 24.6 Å². The molecule has 0 spiro atoms. The van der Waals surface area contributed by atoms with Crippen LogP contribution in [0.25, 0.3) is 33.4 Å². The molecule has 1 aliphatic heterocycles. The minimum atomic E-state index is -0.629. The molecule has 1 aliphatic rings. The fourth-order valence-corrected chi connectivity index (χ4v) is 5.63. The second-order valence-electron chi connectivity index (χ2n) is 12.5. The number of ether oxygens (including phenoxy) is 2. The highest BCUT2D eigenvalue weighted by Gasteiger charge is 2.21. The van der Waals surface area contributed by atoms with Crippen molar-refractivity contribution in [1.82, 2.24) is 34.0 Å². The summed E-state index contributed by atoms with van der Waals surface area (Å²) in [4.78, 5) is 49.5. The molecule has 0 unspecified atom stereocenters. The van der Waals surface area contributed by atoms with E-state index in [0.717, 1.165) is 31.9 Å². The van der Waals surface area contributed by atoms with Crippen LogP contribution in [0.4, 0.5) is 17.3 Å². The van der Waals surface area contributed by atoms with E-state index in [4.69, 9.17) is 14.5 Å². The van der Waals surface area contributed by atoms with Crippen LogP contribution >= 0.6 is 0 Å². The van der Waals surface area contributed by atoms with Gasteiger partial charge in [0.2, 0.25) is 5.95 Å². The zero-order valence-electron chi connectivity index (χ0n) is 26.7. The van der Waals surface area contributed by atoms with E-state index in [1.165, 1.54) is 16.4 Å². The van der Waals surface area contributed by atoms with Crippen LogP contribution < -0.4 is 20.5 Å². The maximum atomic E-state index is 14.0. The van der Waals surface area contributed by atoms with Gasteiger partial charge in [0.1, 0.15) is 16.7 Å². The van der Waals surface area contributed by atoms with Gasteiger partial charge in [-0.05, 0) is 82.4 Å². The van der Waals surface area contributed by atoms with Crippen molar-refractivity contribution in [3.8, 4) is 11.6 Å². The molecule has 242 valence electrons. The van der Waals surface area contributed by atoms with Crippen molar-refractivity contribution in [1.29, 1.82) is 0 Å². The lowest BCUT2D eigenvalue weighted by atomic mass is 10.2. The fourth-order valence-electron chi connectivity index (χ4n) is 5.63. The number of anilines is 3. The summed E-state index contributed by atoms with van der Waals surface area (Å²) in [6.07, 6.45) is 3.14. The molecular weight excluding hydrogens is 598 g/mol. The number of nitrogens with zero attached hydrogens (tertiary/aromatic N) is 8. The predicted molar refractivity (Wildman–Crippen MR) is 182 cm³/mol. The first-order valence-corrected chi connectivity index (χ1v) is 15.4. The van der Waals surface area contributed by atoms with E-state index in [1.54, 1.807) is 62.0 Å². The number of hydrogen-bond acceptors (Lipinski definition) is 11. The summed E-state index contributed by atoms with van der Waals surface area (Å²) in [6, 6.07) is 18.9. The smallest absolute Gasteiger partial charge is 0.344 e. The fraction of sp³-hybridized carbons (Fsp3) is 0.294. The third-order valence-corrected chi connectivity index (χ3v) is 7.88. The normalized spacial score (nSPS) is 14.2. The molecule has 4 aromatic heterocycles. The lowest BCUT2D eigenvalue weighted by Gasteiger charge is -2.34. The number of piperazine rings is 1. The van der Waals surface area contributed by atoms with Crippen LogP contribution in [0.5, 0.6) is 5.75 Å². The van der Waals surface area contributed by atoms with Crippen LogP contribution in [-0.2, 0) is 9.53 Å². The van der Waals surface area contributed by atoms with Crippen molar-refractivity contribution in [2.45, 2.75) is 26.4 Å². The molecule has 0 bridgehead atoms. The number of benzene rings is 2. The van der Waals surface area contributed by atoms with Gasteiger partial charge in [-0.25, -0.2) is 24.4 Å². The molecule has 13 nitrogen and oxygen atoms in total. The molecule has 6 aromatic rings. The zero-order valence-corrected chi connectivity index (χ0v) is 26.7. The molecule has 47 heavy (non-hydrogen) atoms. The number of carbonyl (C=O) groups excluding carboxylic acids is 1. The number of likely N-dealkylation sites (N-methyl/N-ethyl adjacent to an activating group) is 1. The van der Waals surface area contributed by atoms with Crippen molar-refractivity contribution in [3.63, 3.8) is 0 Å². The highest BCUT2D eigenvalue weighted by molar-refractivity contribution is 5.96. The summed E-state index contributed by atoms with van der Waals surface area (Å²) in [5.41, 5.74) is 2.26. The number of rotatable bonds is 7. The topological polar surface area (TPSA) is 132 Å². The molecule has 2 aromatic carbocycles. The summed E-state index contributed by atoms with van der Waals surface area (Å²) < 4.78 is 14.3. The van der Waals surface area contributed by atoms with Gasteiger partial charge in [0, 0.05) is 56.8 Å². The molecular formula is C34H37N9O4. The molecule has 13 heteroatoms. The highest BCUT2D eigenvalue weighted by atomic mass is 16.6. The van der Waals surface area contributed by atoms with Crippen LogP contribution in [-0.4, -0.2) is 85.4 Å². The molecule has 1 N–H and O–H groups in total. The number of pyridine rings is 1. The maximum absolute atomic E-state index is 14.0. The number of carbonyl (C=O) groups is 1. The van der Waals surface area contributed by atoms with E-state index in [1.807, 2.05) is 18.2 Å². The van der Waals surface area contributed by atoms with Crippen molar-refractivity contribution < 1.29 is 15.7 Å². The average Bonchev–Trinajstić information content (AvgIpc) is 3.38. The Kier molecular flexibility index (Phi) is 7.68. The average molecular weight is 636 g/mol. The SMILES string of the molecule is CN1CCN(c2ccc(Nc3ncc4c(=O)n5c(nc4n3)c3cc(OCC(=O)OC(C)(C)C)ccc3n5-c3ccccn3)cc2)CC1.[HH]. The number of nitrogens with one attached hydrogen (secondary N) is 1. The predicted octanol–water partition coefficient (Wildman–Crippen LogP) is 4.44. The Balaban J connectivity index is 0.00000401. The molecule has 0 saturated carbocycles. The van der Waals surface area contributed by atoms with Gasteiger partial charge >= 0.3 is 5.97 Å². The van der Waals surface area contributed by atoms with Crippen molar-refractivity contribution in [2.75, 3.05) is 50.1 Å². The number of hydrogen-bond donors (Lipinski definition) is 1. The summed E-state index contributed by atoms with van der Waals surface area (Å²) in [6.45, 7) is 9.17. The van der Waals surface area contributed by atoms with Gasteiger partial charge in [-0.3, -0.25) is 4.79 Å². The monoisotopic (exact) mass is 635 g/mol. The van der Waals surface area contributed by atoms with Gasteiger partial charge in [0.15, 0.2) is 23.7 Å². The van der Waals surface area contributed by atoms with Crippen molar-refractivity contribution in [3.05, 3.63) is 83.4 Å². The largest absolute Gasteiger partial charge is 0.482 e. The van der Waals surface area contributed by atoms with E-state index in [9.17, 15) is 9.59 Å². The number of fused-ring (bicyclic) bond motifs is 4. The van der Waals surface area contributed by atoms with Crippen LogP contribution in [0.15, 0.2) is 77.9 Å². The van der Waals surface area contributed by atoms with Crippen LogP contribution in [0.3, 0.4) is 0 Å². The summed E-state index contributed by atoms with van der Waals surface area (Å²) >= 11 is 0. The van der Waals surface area contributed by atoms with Crippen LogP contribution in [0.1, 0.15) is 22.2 Å². The quantitative estimate of drug-likeness (QED) is 0.250. The lowest BCUT2D eigenvalue weighted by Crippen LogP contribution is -2.44. The first-order chi connectivity index (χ1) is 22.6. The Hall–Kier alpha value is -5.56. The standard InChI is InChI=1S/C34H35N9O4.H2/c1-34(2,3)47-29(44)21-46-24-12-13-27-25(19-24)31-38-30-26(32(45)43(31)42(27)28-7-5-6-14-35-28)20-36-33(39-30)37-22-8-10-23(11-9-22)41-17-15-40(4)16-18-41;/h5-14,19-20H,15-18,21H2,1-4H3,(H,36,37,39);1H. The third-order valence-electron chi connectivity index (χ3n) is 7.88. The maximum Gasteiger partial charge on any atom is 0.344 e. The van der Waals surface area contributed by atoms with Crippen LogP contribution in [0, 0.1) is 0 Å². The second-order valence-corrected chi connectivity index (χ2v) is 12.5. The molecule has 5 heterocycles. The molecule has 0 radical (unpaired) electrons. The molecule has 0 amide bonds. The van der Waals surface area contributed by atoms with Gasteiger partial charge in [0.25, 0.3) is 5.56 Å². The summed E-state index contributed by atoms with van der Waals surface area (Å²) in [7, 11) is 2.14.